The SMILES string of the molecule is CC(=NNC(=[OH+])c1ccccc1[O-])c1cccc(C(C)=NNC(=[OH+])c2ccccc2[O-])n1.[Mn+2]. The zero-order valence-corrected chi connectivity index (χ0v) is 19.0. The van der Waals surface area contributed by atoms with E-state index < -0.39 is 0 Å². The van der Waals surface area contributed by atoms with Gasteiger partial charge in [0.25, 0.3) is 0 Å². The van der Waals surface area contributed by atoms with Gasteiger partial charge in [0.2, 0.25) is 0 Å². The molecule has 167 valence electrons. The number of pyridine rings is 1. The molecule has 9 nitrogen and oxygen atoms in total. The molecule has 4 N–H and O–H groups in total. The number of nitrogens with one attached hydrogen (secondary N) is 2. The average Bonchev–Trinajstić information content (AvgIpc) is 2.81. The van der Waals surface area contributed by atoms with E-state index in [0.29, 0.717) is 22.8 Å². The van der Waals surface area contributed by atoms with Crippen LogP contribution in [-0.2, 0) is 17.1 Å². The van der Waals surface area contributed by atoms with Crippen LogP contribution < -0.4 is 21.1 Å². The van der Waals surface area contributed by atoms with E-state index in [2.05, 4.69) is 26.0 Å². The van der Waals surface area contributed by atoms with Crippen LogP contribution in [-0.4, -0.2) is 37.8 Å². The summed E-state index contributed by atoms with van der Waals surface area (Å²) in [5, 5.41) is 31.7. The smallest absolute Gasteiger partial charge is 0.872 e. The normalized spacial score (nSPS) is 11.3. The van der Waals surface area contributed by atoms with Gasteiger partial charge in [-0.15, -0.1) is 0 Å². The fourth-order valence-electron chi connectivity index (χ4n) is 2.67. The average molecular weight is 486 g/mol. The number of nitrogens with zero attached hydrogens (tertiary/aromatic N) is 3. The largest absolute Gasteiger partial charge is 2.00 e. The molecule has 0 fully saturated rings. The molecule has 0 aliphatic heterocycles. The maximum Gasteiger partial charge on any atom is 2.00 e. The second-order valence-electron chi connectivity index (χ2n) is 6.72. The minimum Gasteiger partial charge on any atom is -0.872 e. The fraction of sp³-hybridized carbons (Fsp3) is 0.0870. The molecular formula is C23H21MnN5O4+2. The third-order valence-electron chi connectivity index (χ3n) is 4.43. The summed E-state index contributed by atoms with van der Waals surface area (Å²) in [6, 6.07) is 17.3. The van der Waals surface area contributed by atoms with Crippen LogP contribution in [0.4, 0.5) is 0 Å². The van der Waals surface area contributed by atoms with Gasteiger partial charge in [-0.25, -0.2) is 4.98 Å². The molecule has 1 radical (unpaired) electrons. The third kappa shape index (κ3) is 6.49. The van der Waals surface area contributed by atoms with Crippen molar-refractivity contribution >= 4 is 23.2 Å². The minimum atomic E-state index is -0.363. The Hall–Kier alpha value is -4.01. The topological polar surface area (TPSA) is 151 Å². The first-order valence-electron chi connectivity index (χ1n) is 9.60. The summed E-state index contributed by atoms with van der Waals surface area (Å²) in [6.07, 6.45) is 0. The van der Waals surface area contributed by atoms with Crippen molar-refractivity contribution in [3.05, 3.63) is 89.2 Å². The van der Waals surface area contributed by atoms with Gasteiger partial charge in [0, 0.05) is 0 Å². The van der Waals surface area contributed by atoms with Crippen molar-refractivity contribution in [1.82, 2.24) is 15.8 Å². The van der Waals surface area contributed by atoms with E-state index in [1.54, 1.807) is 56.3 Å². The maximum absolute atomic E-state index is 11.8. The number of carbonyl (C=O) groups excluding carboxylic acids is 2. The van der Waals surface area contributed by atoms with Crippen LogP contribution in [0, 0.1) is 0 Å². The summed E-state index contributed by atoms with van der Waals surface area (Å²) in [5.41, 5.74) is 7.06. The molecule has 0 aliphatic rings. The molecule has 0 atom stereocenters. The number of hydrogen-bond acceptors (Lipinski definition) is 5. The molecule has 0 spiro atoms. The van der Waals surface area contributed by atoms with Crippen LogP contribution >= 0.6 is 0 Å². The molecule has 0 saturated heterocycles. The Kier molecular flexibility index (Phi) is 8.85. The van der Waals surface area contributed by atoms with Crippen LogP contribution in [0.5, 0.6) is 11.5 Å². The number of aromatic nitrogens is 1. The summed E-state index contributed by atoms with van der Waals surface area (Å²) in [5.74, 6) is -1.38. The van der Waals surface area contributed by atoms with Crippen molar-refractivity contribution in [2.75, 3.05) is 0 Å². The summed E-state index contributed by atoms with van der Waals surface area (Å²) in [7, 11) is 0. The van der Waals surface area contributed by atoms with Gasteiger partial charge in [0.15, 0.2) is 0 Å². The Labute approximate surface area is 200 Å². The van der Waals surface area contributed by atoms with E-state index in [1.165, 1.54) is 24.3 Å². The number of hydrogen-bond donors (Lipinski definition) is 2. The Bertz CT molecular complexity index is 1140. The van der Waals surface area contributed by atoms with E-state index in [0.717, 1.165) is 0 Å². The molecule has 10 heteroatoms. The first-order chi connectivity index (χ1) is 15.4. The van der Waals surface area contributed by atoms with Gasteiger partial charge in [0.05, 0.1) is 33.9 Å². The van der Waals surface area contributed by atoms with Gasteiger partial charge in [-0.2, -0.15) is 21.1 Å². The van der Waals surface area contributed by atoms with E-state index in [9.17, 15) is 19.8 Å². The predicted molar refractivity (Wildman–Crippen MR) is 119 cm³/mol. The standard InChI is InChI=1S/C23H21N5O4.Mn/c1-14(25-27-22(31)16-8-3-5-12-20(16)29)18-10-7-11-19(24-18)15(2)26-28-23(32)17-9-4-6-13-21(17)30;/h3-13,29-30H,1-2H3,(H,27,31)(H,28,32);/q;+2. The van der Waals surface area contributed by atoms with Gasteiger partial charge in [-0.3, -0.25) is 9.59 Å². The number of amides is 2. The Morgan fingerprint density at radius 2 is 1.09 bits per heavy atom. The molecule has 0 unspecified atom stereocenters. The van der Waals surface area contributed by atoms with Crippen molar-refractivity contribution in [3.63, 3.8) is 0 Å². The van der Waals surface area contributed by atoms with E-state index in [-0.39, 0.29) is 51.5 Å². The van der Waals surface area contributed by atoms with E-state index in [1.807, 2.05) is 0 Å². The molecule has 2 aromatic carbocycles. The molecule has 0 saturated carbocycles. The van der Waals surface area contributed by atoms with Crippen LogP contribution in [0.3, 0.4) is 0 Å². The monoisotopic (exact) mass is 486 g/mol. The zero-order valence-electron chi connectivity index (χ0n) is 17.8. The van der Waals surface area contributed by atoms with Crippen LogP contribution in [0.2, 0.25) is 0 Å². The third-order valence-corrected chi connectivity index (χ3v) is 4.43. The van der Waals surface area contributed by atoms with E-state index >= 15 is 0 Å². The first-order valence-corrected chi connectivity index (χ1v) is 9.60. The van der Waals surface area contributed by atoms with Crippen molar-refractivity contribution in [2.45, 2.75) is 13.8 Å². The van der Waals surface area contributed by atoms with E-state index in [4.69, 9.17) is 0 Å². The number of rotatable bonds is 6. The molecule has 2 amide bonds. The Morgan fingerprint density at radius 1 is 0.697 bits per heavy atom. The molecule has 0 bridgehead atoms. The van der Waals surface area contributed by atoms with Crippen LogP contribution in [0.15, 0.2) is 76.9 Å². The van der Waals surface area contributed by atoms with Gasteiger partial charge >= 0.3 is 28.9 Å². The van der Waals surface area contributed by atoms with Gasteiger partial charge in [-0.05, 0) is 38.1 Å². The van der Waals surface area contributed by atoms with Gasteiger partial charge < -0.3 is 10.2 Å². The van der Waals surface area contributed by atoms with Gasteiger partial charge in [0.1, 0.15) is 0 Å². The Balaban J connectivity index is 0.00000385. The second kappa shape index (κ2) is 11.6. The summed E-state index contributed by atoms with van der Waals surface area (Å²) >= 11 is 0. The van der Waals surface area contributed by atoms with Crippen molar-refractivity contribution < 1.29 is 36.9 Å². The number of para-hydroxylation sites is 2. The zero-order chi connectivity index (χ0) is 23.1. The molecule has 33 heavy (non-hydrogen) atoms. The predicted octanol–water partition coefficient (Wildman–Crippen LogP) is 0.955. The molecule has 1 heterocycles. The molecule has 1 aromatic heterocycles. The van der Waals surface area contributed by atoms with Gasteiger partial charge in [-0.1, -0.05) is 54.0 Å². The van der Waals surface area contributed by atoms with Crippen LogP contribution in [0.1, 0.15) is 36.4 Å². The number of hydrazone groups is 2. The van der Waals surface area contributed by atoms with Crippen LogP contribution in [0.25, 0.3) is 0 Å². The fourth-order valence-corrected chi connectivity index (χ4v) is 2.67. The molecule has 3 aromatic rings. The molecule has 3 rings (SSSR count). The summed E-state index contributed by atoms with van der Waals surface area (Å²) < 4.78 is 0. The second-order valence-corrected chi connectivity index (χ2v) is 6.72. The maximum atomic E-state index is 11.8. The summed E-state index contributed by atoms with van der Waals surface area (Å²) in [6.45, 7) is 3.37. The Morgan fingerprint density at radius 3 is 1.48 bits per heavy atom. The quantitative estimate of drug-likeness (QED) is 0.231. The van der Waals surface area contributed by atoms with Crippen molar-refractivity contribution in [3.8, 4) is 11.5 Å². The molecular weight excluding hydrogens is 465 g/mol. The van der Waals surface area contributed by atoms with Crippen molar-refractivity contribution in [2.24, 2.45) is 10.2 Å². The number of benzene rings is 2. The first kappa shape index (κ1) is 25.3. The van der Waals surface area contributed by atoms with Crippen molar-refractivity contribution in [1.29, 1.82) is 0 Å². The molecule has 0 aliphatic carbocycles. The minimum absolute atomic E-state index is 0. The summed E-state index contributed by atoms with van der Waals surface area (Å²) in [4.78, 5) is 24.6.